The molecule has 0 aliphatic heterocycles. The molecule has 0 unspecified atom stereocenters. The molecule has 2 nitrogen and oxygen atoms in total. The van der Waals surface area contributed by atoms with Crippen LogP contribution in [-0.2, 0) is 0 Å². The van der Waals surface area contributed by atoms with Crippen molar-refractivity contribution in [3.05, 3.63) is 16.6 Å². The van der Waals surface area contributed by atoms with E-state index in [1.807, 2.05) is 11.6 Å². The van der Waals surface area contributed by atoms with Crippen LogP contribution in [-0.4, -0.2) is 11.5 Å². The van der Waals surface area contributed by atoms with Gasteiger partial charge in [0.2, 0.25) is 0 Å². The van der Waals surface area contributed by atoms with E-state index in [2.05, 4.69) is 17.2 Å². The predicted molar refractivity (Wildman–Crippen MR) is 51.3 cm³/mol. The van der Waals surface area contributed by atoms with Gasteiger partial charge in [0.05, 0.1) is 6.04 Å². The van der Waals surface area contributed by atoms with Crippen molar-refractivity contribution in [2.24, 2.45) is 5.92 Å². The predicted octanol–water partition coefficient (Wildman–Crippen LogP) is 2.20. The molecule has 12 heavy (non-hydrogen) atoms. The summed E-state index contributed by atoms with van der Waals surface area (Å²) in [6, 6.07) is 0.436. The van der Waals surface area contributed by atoms with Crippen LogP contribution in [0.2, 0.25) is 0 Å². The maximum Gasteiger partial charge on any atom is 0.109 e. The van der Waals surface area contributed by atoms with E-state index in [0.29, 0.717) is 6.04 Å². The summed E-state index contributed by atoms with van der Waals surface area (Å²) >= 11 is 1.73. The zero-order chi connectivity index (χ0) is 8.39. The molecule has 1 aromatic rings. The molecule has 1 atom stereocenters. The summed E-state index contributed by atoms with van der Waals surface area (Å²) in [7, 11) is 0. The van der Waals surface area contributed by atoms with Gasteiger partial charge in [0.15, 0.2) is 0 Å². The Kier molecular flexibility index (Phi) is 2.42. The van der Waals surface area contributed by atoms with Gasteiger partial charge in [-0.3, -0.25) is 0 Å². The van der Waals surface area contributed by atoms with Crippen LogP contribution in [0.4, 0.5) is 0 Å². The van der Waals surface area contributed by atoms with Crippen LogP contribution in [0.3, 0.4) is 0 Å². The van der Waals surface area contributed by atoms with E-state index in [0.717, 1.165) is 5.92 Å². The van der Waals surface area contributed by atoms with E-state index in [-0.39, 0.29) is 0 Å². The molecule has 1 heterocycles. The molecule has 0 amide bonds. The number of hydrogen-bond acceptors (Lipinski definition) is 3. The van der Waals surface area contributed by atoms with Crippen molar-refractivity contribution >= 4 is 11.3 Å². The van der Waals surface area contributed by atoms with Crippen LogP contribution in [0.15, 0.2) is 11.6 Å². The second-order valence-corrected chi connectivity index (χ2v) is 4.37. The van der Waals surface area contributed by atoms with Gasteiger partial charge in [-0.2, -0.15) is 0 Å². The van der Waals surface area contributed by atoms with Crippen LogP contribution >= 0.6 is 11.3 Å². The zero-order valence-electron chi connectivity index (χ0n) is 7.29. The third-order valence-corrected chi connectivity index (χ3v) is 3.19. The van der Waals surface area contributed by atoms with E-state index in [1.165, 1.54) is 24.4 Å². The van der Waals surface area contributed by atoms with Gasteiger partial charge < -0.3 is 5.32 Å². The number of nitrogens with zero attached hydrogens (tertiary/aromatic N) is 1. The maximum atomic E-state index is 4.27. The summed E-state index contributed by atoms with van der Waals surface area (Å²) < 4.78 is 0. The first-order chi connectivity index (χ1) is 5.86. The Morgan fingerprint density at radius 3 is 3.17 bits per heavy atom. The lowest BCUT2D eigenvalue weighted by atomic mass is 10.3. The van der Waals surface area contributed by atoms with E-state index in [1.54, 1.807) is 11.3 Å². The molecule has 2 rings (SSSR count). The Hall–Kier alpha value is -0.410. The fourth-order valence-corrected chi connectivity index (χ4v) is 1.87. The Morgan fingerprint density at radius 1 is 1.75 bits per heavy atom. The topological polar surface area (TPSA) is 24.9 Å². The average molecular weight is 182 g/mol. The second-order valence-electron chi connectivity index (χ2n) is 3.44. The molecular formula is C9H14N2S. The van der Waals surface area contributed by atoms with Crippen molar-refractivity contribution in [3.8, 4) is 0 Å². The third-order valence-electron chi connectivity index (χ3n) is 2.23. The van der Waals surface area contributed by atoms with E-state index in [4.69, 9.17) is 0 Å². The highest BCUT2D eigenvalue weighted by Gasteiger charge is 2.21. The summed E-state index contributed by atoms with van der Waals surface area (Å²) in [6.07, 6.45) is 4.70. The van der Waals surface area contributed by atoms with Crippen molar-refractivity contribution in [1.82, 2.24) is 10.3 Å². The average Bonchev–Trinajstić information content (AvgIpc) is 2.74. The third kappa shape index (κ3) is 2.05. The molecule has 3 heteroatoms. The van der Waals surface area contributed by atoms with Gasteiger partial charge in [-0.15, -0.1) is 11.3 Å². The van der Waals surface area contributed by atoms with Gasteiger partial charge in [0, 0.05) is 11.6 Å². The maximum absolute atomic E-state index is 4.27. The summed E-state index contributed by atoms with van der Waals surface area (Å²) in [4.78, 5) is 4.27. The van der Waals surface area contributed by atoms with Crippen molar-refractivity contribution in [1.29, 1.82) is 0 Å². The molecule has 0 bridgehead atoms. The van der Waals surface area contributed by atoms with Crippen molar-refractivity contribution in [2.75, 3.05) is 6.54 Å². The summed E-state index contributed by atoms with van der Waals surface area (Å²) in [5, 5.41) is 6.73. The lowest BCUT2D eigenvalue weighted by Gasteiger charge is -2.09. The van der Waals surface area contributed by atoms with Crippen LogP contribution < -0.4 is 5.32 Å². The summed E-state index contributed by atoms with van der Waals surface area (Å²) in [5.41, 5.74) is 0. The lowest BCUT2D eigenvalue weighted by Crippen LogP contribution is -2.20. The highest BCUT2D eigenvalue weighted by atomic mass is 32.1. The Morgan fingerprint density at radius 2 is 2.58 bits per heavy atom. The fourth-order valence-electron chi connectivity index (χ4n) is 1.20. The summed E-state index contributed by atoms with van der Waals surface area (Å²) in [6.45, 7) is 3.35. The Labute approximate surface area is 77.0 Å². The standard InChI is InChI=1S/C9H14N2S/c1-7(9-10-4-5-12-9)11-6-8-2-3-8/h4-5,7-8,11H,2-3,6H2,1H3/t7-/m1/s1. The minimum absolute atomic E-state index is 0.436. The number of nitrogens with one attached hydrogen (secondary N) is 1. The van der Waals surface area contributed by atoms with Crippen LogP contribution in [0, 0.1) is 5.92 Å². The lowest BCUT2D eigenvalue weighted by molar-refractivity contribution is 0.546. The molecule has 1 aromatic heterocycles. The monoisotopic (exact) mass is 182 g/mol. The minimum atomic E-state index is 0.436. The molecule has 1 saturated carbocycles. The van der Waals surface area contributed by atoms with Crippen LogP contribution in [0.1, 0.15) is 30.8 Å². The Balaban J connectivity index is 1.79. The van der Waals surface area contributed by atoms with Crippen LogP contribution in [0.25, 0.3) is 0 Å². The molecule has 1 aliphatic rings. The smallest absolute Gasteiger partial charge is 0.109 e. The molecule has 0 radical (unpaired) electrons. The zero-order valence-corrected chi connectivity index (χ0v) is 8.10. The van der Waals surface area contributed by atoms with Crippen molar-refractivity contribution in [3.63, 3.8) is 0 Å². The highest BCUT2D eigenvalue weighted by Crippen LogP contribution is 2.28. The molecular weight excluding hydrogens is 168 g/mol. The van der Waals surface area contributed by atoms with E-state index in [9.17, 15) is 0 Å². The number of hydrogen-bond donors (Lipinski definition) is 1. The number of thiazole rings is 1. The first kappa shape index (κ1) is 8.20. The fraction of sp³-hybridized carbons (Fsp3) is 0.667. The number of aromatic nitrogens is 1. The molecule has 0 spiro atoms. The highest BCUT2D eigenvalue weighted by molar-refractivity contribution is 7.09. The van der Waals surface area contributed by atoms with Crippen molar-refractivity contribution < 1.29 is 0 Å². The quantitative estimate of drug-likeness (QED) is 0.772. The van der Waals surface area contributed by atoms with Gasteiger partial charge in [-0.1, -0.05) is 0 Å². The number of rotatable bonds is 4. The molecule has 1 fully saturated rings. The summed E-state index contributed by atoms with van der Waals surface area (Å²) in [5.74, 6) is 0.951. The Bertz CT molecular complexity index is 229. The first-order valence-corrected chi connectivity index (χ1v) is 5.37. The van der Waals surface area contributed by atoms with Gasteiger partial charge >= 0.3 is 0 Å². The normalized spacial score (nSPS) is 19.4. The molecule has 0 saturated heterocycles. The van der Waals surface area contributed by atoms with Crippen LogP contribution in [0.5, 0.6) is 0 Å². The van der Waals surface area contributed by atoms with Gasteiger partial charge in [0.25, 0.3) is 0 Å². The van der Waals surface area contributed by atoms with Gasteiger partial charge in [0.1, 0.15) is 5.01 Å². The van der Waals surface area contributed by atoms with E-state index >= 15 is 0 Å². The molecule has 1 N–H and O–H groups in total. The SMILES string of the molecule is C[C@@H](NCC1CC1)c1nccs1. The molecule has 0 aromatic carbocycles. The molecule has 66 valence electrons. The first-order valence-electron chi connectivity index (χ1n) is 4.49. The minimum Gasteiger partial charge on any atom is -0.308 e. The van der Waals surface area contributed by atoms with Gasteiger partial charge in [-0.05, 0) is 32.2 Å². The van der Waals surface area contributed by atoms with Crippen molar-refractivity contribution in [2.45, 2.75) is 25.8 Å². The second kappa shape index (κ2) is 3.54. The molecule has 1 aliphatic carbocycles. The van der Waals surface area contributed by atoms with Gasteiger partial charge in [-0.25, -0.2) is 4.98 Å². The van der Waals surface area contributed by atoms with E-state index < -0.39 is 0 Å². The largest absolute Gasteiger partial charge is 0.308 e.